The first-order chi connectivity index (χ1) is 7.12. The van der Waals surface area contributed by atoms with Crippen LogP contribution >= 0.6 is 22.2 Å². The van der Waals surface area contributed by atoms with E-state index in [1.54, 1.807) is 0 Å². The van der Waals surface area contributed by atoms with Crippen molar-refractivity contribution in [3.05, 3.63) is 0 Å². The Morgan fingerprint density at radius 2 is 1.88 bits per heavy atom. The van der Waals surface area contributed by atoms with Crippen LogP contribution < -0.4 is 0 Å². The molecule has 1 saturated heterocycles. The molecule has 1 rings (SSSR count). The molecule has 1 aliphatic rings. The summed E-state index contributed by atoms with van der Waals surface area (Å²) in [4.78, 5) is 0. The van der Waals surface area contributed by atoms with Crippen LogP contribution in [0.1, 0.15) is 41.0 Å². The number of ether oxygens (including phenoxy) is 1. The molecule has 0 aromatic heterocycles. The Bertz CT molecular complexity index is 236. The van der Waals surface area contributed by atoms with E-state index in [1.165, 1.54) is 0 Å². The third-order valence-electron chi connectivity index (χ3n) is 2.94. The summed E-state index contributed by atoms with van der Waals surface area (Å²) in [6, 6.07) is 0.906. The van der Waals surface area contributed by atoms with Gasteiger partial charge in [0, 0.05) is 12.1 Å². The normalized spacial score (nSPS) is 29.2. The van der Waals surface area contributed by atoms with E-state index in [0.717, 1.165) is 19.1 Å². The highest BCUT2D eigenvalue weighted by Gasteiger charge is 2.56. The Morgan fingerprint density at radius 1 is 1.31 bits per heavy atom. The van der Waals surface area contributed by atoms with Gasteiger partial charge in [-0.3, -0.25) is 0 Å². The molecule has 0 unspecified atom stereocenters. The van der Waals surface area contributed by atoms with E-state index < -0.39 is 6.69 Å². The monoisotopic (exact) mass is 282 g/mol. The molecule has 0 aromatic carbocycles. The molecule has 0 spiro atoms. The van der Waals surface area contributed by atoms with Gasteiger partial charge in [0.1, 0.15) is 0 Å². The molecule has 4 heteroatoms. The van der Waals surface area contributed by atoms with Gasteiger partial charge in [0.15, 0.2) is 0 Å². The second kappa shape index (κ2) is 5.17. The maximum atomic E-state index is 6.41. The fourth-order valence-electron chi connectivity index (χ4n) is 2.10. The van der Waals surface area contributed by atoms with Crippen molar-refractivity contribution in [1.29, 1.82) is 0 Å². The second-order valence-electron chi connectivity index (χ2n) is 6.60. The van der Waals surface area contributed by atoms with Crippen molar-refractivity contribution in [2.75, 3.05) is 6.61 Å². The van der Waals surface area contributed by atoms with Gasteiger partial charge >= 0.3 is 0 Å². The zero-order chi connectivity index (χ0) is 12.6. The van der Waals surface area contributed by atoms with Crippen LogP contribution in [0.25, 0.3) is 0 Å². The first kappa shape index (κ1) is 14.8. The van der Waals surface area contributed by atoms with E-state index >= 15 is 0 Å². The Hall–Kier alpha value is 0.757. The highest BCUT2D eigenvalue weighted by atomic mass is 35.7. The zero-order valence-electron chi connectivity index (χ0n) is 11.0. The van der Waals surface area contributed by atoms with Crippen molar-refractivity contribution in [2.24, 2.45) is 11.3 Å². The third kappa shape index (κ3) is 4.21. The van der Waals surface area contributed by atoms with Gasteiger partial charge in [-0.1, -0.05) is 34.6 Å². The molecule has 1 aliphatic heterocycles. The van der Waals surface area contributed by atoms with Crippen molar-refractivity contribution in [3.8, 4) is 0 Å². The lowest BCUT2D eigenvalue weighted by Gasteiger charge is -2.47. The van der Waals surface area contributed by atoms with Gasteiger partial charge in [0.25, 0.3) is 6.69 Å². The van der Waals surface area contributed by atoms with Crippen LogP contribution in [-0.4, -0.2) is 19.4 Å². The Labute approximate surface area is 110 Å². The highest BCUT2D eigenvalue weighted by Crippen LogP contribution is 2.55. The summed E-state index contributed by atoms with van der Waals surface area (Å²) in [7, 11) is 0. The van der Waals surface area contributed by atoms with Crippen molar-refractivity contribution in [3.63, 3.8) is 0 Å². The summed E-state index contributed by atoms with van der Waals surface area (Å²) in [5.41, 5.74) is 0.696. The van der Waals surface area contributed by atoms with E-state index in [1.807, 2.05) is 0 Å². The summed E-state index contributed by atoms with van der Waals surface area (Å²) in [6.45, 7) is 9.88. The highest BCUT2D eigenvalue weighted by molar-refractivity contribution is 7.47. The van der Waals surface area contributed by atoms with E-state index in [0.29, 0.717) is 17.6 Å². The Kier molecular flexibility index (Phi) is 4.79. The number of rotatable bonds is 4. The van der Waals surface area contributed by atoms with E-state index in [9.17, 15) is 0 Å². The quantitative estimate of drug-likeness (QED) is 0.533. The van der Waals surface area contributed by atoms with Gasteiger partial charge in [0.05, 0.1) is 6.10 Å². The summed E-state index contributed by atoms with van der Waals surface area (Å²) >= 11 is 12.8. The maximum absolute atomic E-state index is 6.41. The first-order valence-corrected chi connectivity index (χ1v) is 10.4. The SMILES string of the molecule is CC(C)CO[C@H]1C[Si](Cl)(Cl)[C@@H]1CC(C)(C)C. The summed E-state index contributed by atoms with van der Waals surface area (Å²) in [5.74, 6) is 0.581. The van der Waals surface area contributed by atoms with Crippen LogP contribution in [0, 0.1) is 11.3 Å². The fourth-order valence-corrected chi connectivity index (χ4v) is 6.80. The molecular weight excluding hydrogens is 259 g/mol. The van der Waals surface area contributed by atoms with Gasteiger partial charge in [-0.25, -0.2) is 0 Å². The van der Waals surface area contributed by atoms with E-state index in [2.05, 4.69) is 34.6 Å². The molecule has 1 fully saturated rings. The molecular formula is C12H24Cl2OSi. The summed E-state index contributed by atoms with van der Waals surface area (Å²) < 4.78 is 5.90. The number of hydrogen-bond donors (Lipinski definition) is 0. The largest absolute Gasteiger partial charge is 0.378 e. The van der Waals surface area contributed by atoms with Crippen molar-refractivity contribution in [2.45, 2.75) is 58.7 Å². The van der Waals surface area contributed by atoms with E-state index in [4.69, 9.17) is 26.9 Å². The van der Waals surface area contributed by atoms with Gasteiger partial charge in [-0.15, -0.1) is 22.2 Å². The molecule has 1 nitrogen and oxygen atoms in total. The zero-order valence-corrected chi connectivity index (χ0v) is 13.5. The molecule has 0 amide bonds. The van der Waals surface area contributed by atoms with Gasteiger partial charge in [0.2, 0.25) is 0 Å². The third-order valence-corrected chi connectivity index (χ3v) is 8.16. The predicted molar refractivity (Wildman–Crippen MR) is 74.7 cm³/mol. The molecule has 1 heterocycles. The van der Waals surface area contributed by atoms with Crippen LogP contribution in [0.4, 0.5) is 0 Å². The van der Waals surface area contributed by atoms with Crippen LogP contribution in [-0.2, 0) is 4.74 Å². The van der Waals surface area contributed by atoms with Crippen LogP contribution in [0.3, 0.4) is 0 Å². The van der Waals surface area contributed by atoms with Crippen LogP contribution in [0.2, 0.25) is 11.6 Å². The molecule has 96 valence electrons. The number of halogens is 2. The van der Waals surface area contributed by atoms with Gasteiger partial charge < -0.3 is 4.74 Å². The Balaban J connectivity index is 2.49. The van der Waals surface area contributed by atoms with Gasteiger partial charge in [-0.05, 0) is 23.8 Å². The van der Waals surface area contributed by atoms with Crippen molar-refractivity contribution < 1.29 is 4.74 Å². The Morgan fingerprint density at radius 3 is 2.25 bits per heavy atom. The number of hydrogen-bond acceptors (Lipinski definition) is 1. The maximum Gasteiger partial charge on any atom is 0.259 e. The molecule has 16 heavy (non-hydrogen) atoms. The summed E-state index contributed by atoms with van der Waals surface area (Å²) in [6.07, 6.45) is 1.39. The topological polar surface area (TPSA) is 9.23 Å². The standard InChI is InChI=1S/C12H24Cl2OSi/c1-9(2)7-15-10-8-16(13,14)11(10)6-12(3,4)5/h9-11H,6-8H2,1-5H3/t10-,11+/m0/s1. The average Bonchev–Trinajstić information content (AvgIpc) is 2.07. The second-order valence-corrected chi connectivity index (χ2v) is 13.9. The molecule has 0 aliphatic carbocycles. The lowest BCUT2D eigenvalue weighted by atomic mass is 9.88. The lowest BCUT2D eigenvalue weighted by Crippen LogP contribution is -2.52. The molecule has 0 bridgehead atoms. The average molecular weight is 283 g/mol. The minimum Gasteiger partial charge on any atom is -0.378 e. The van der Waals surface area contributed by atoms with Crippen LogP contribution in [0.5, 0.6) is 0 Å². The van der Waals surface area contributed by atoms with Crippen molar-refractivity contribution in [1.82, 2.24) is 0 Å². The molecule has 2 atom stereocenters. The predicted octanol–water partition coefficient (Wildman–Crippen LogP) is 4.77. The summed E-state index contributed by atoms with van der Waals surface area (Å²) in [5, 5.41) is 0. The lowest BCUT2D eigenvalue weighted by molar-refractivity contribution is 0.0209. The molecule has 0 N–H and O–H groups in total. The minimum absolute atomic E-state index is 0.284. The smallest absolute Gasteiger partial charge is 0.259 e. The minimum atomic E-state index is -2.01. The fraction of sp³-hybridized carbons (Fsp3) is 1.00. The van der Waals surface area contributed by atoms with Crippen molar-refractivity contribution >= 4 is 28.9 Å². The molecule has 0 saturated carbocycles. The van der Waals surface area contributed by atoms with Crippen LogP contribution in [0.15, 0.2) is 0 Å². The molecule has 0 radical (unpaired) electrons. The first-order valence-electron chi connectivity index (χ1n) is 6.11. The van der Waals surface area contributed by atoms with Gasteiger partial charge in [-0.2, -0.15) is 0 Å². The molecule has 0 aromatic rings. The van der Waals surface area contributed by atoms with E-state index in [-0.39, 0.29) is 5.41 Å².